The number of hydrogen-bond donors (Lipinski definition) is 2. The number of rotatable bonds is 7. The summed E-state index contributed by atoms with van der Waals surface area (Å²) in [6, 6.07) is 5.77. The van der Waals surface area contributed by atoms with Gasteiger partial charge in [0.2, 0.25) is 15.9 Å². The van der Waals surface area contributed by atoms with E-state index in [2.05, 4.69) is 17.1 Å². The molecule has 0 saturated carbocycles. The van der Waals surface area contributed by atoms with E-state index < -0.39 is 16.1 Å². The number of benzene rings is 1. The average molecular weight is 441 g/mol. The van der Waals surface area contributed by atoms with Gasteiger partial charge in [-0.05, 0) is 31.2 Å². The molecular formula is C17H30Cl2N4O3S. The first kappa shape index (κ1) is 26.1. The smallest absolute Gasteiger partial charge is 0.243 e. The molecule has 10 heteroatoms. The number of nitrogens with one attached hydrogen (secondary N) is 1. The number of nitrogens with two attached hydrogens (primary N) is 1. The highest BCUT2D eigenvalue weighted by Crippen LogP contribution is 2.21. The van der Waals surface area contributed by atoms with E-state index in [1.165, 1.54) is 10.4 Å². The number of piperazine rings is 1. The first-order valence-electron chi connectivity index (χ1n) is 8.77. The van der Waals surface area contributed by atoms with Crippen molar-refractivity contribution in [3.63, 3.8) is 0 Å². The summed E-state index contributed by atoms with van der Waals surface area (Å²) in [5.74, 6) is -0.298. The normalized spacial score (nSPS) is 16.7. The summed E-state index contributed by atoms with van der Waals surface area (Å²) in [5, 5.41) is 2.70. The van der Waals surface area contributed by atoms with Crippen LogP contribution in [0.5, 0.6) is 0 Å². The van der Waals surface area contributed by atoms with Crippen LogP contribution in [0.1, 0.15) is 26.7 Å². The van der Waals surface area contributed by atoms with E-state index in [1.807, 2.05) is 6.92 Å². The monoisotopic (exact) mass is 440 g/mol. The van der Waals surface area contributed by atoms with Gasteiger partial charge in [0, 0.05) is 31.9 Å². The van der Waals surface area contributed by atoms with Gasteiger partial charge in [0.1, 0.15) is 0 Å². The van der Waals surface area contributed by atoms with Crippen molar-refractivity contribution in [1.82, 2.24) is 9.21 Å². The minimum absolute atomic E-state index is 0. The SMILES string of the molecule is CCCC(N)C(=O)Nc1cccc(S(=O)(=O)N2CCN(CC)CC2)c1.Cl.Cl. The van der Waals surface area contributed by atoms with Crippen molar-refractivity contribution in [2.24, 2.45) is 5.73 Å². The Morgan fingerprint density at radius 1 is 1.19 bits per heavy atom. The van der Waals surface area contributed by atoms with Crippen molar-refractivity contribution >= 4 is 46.4 Å². The zero-order valence-electron chi connectivity index (χ0n) is 15.8. The maximum atomic E-state index is 12.8. The van der Waals surface area contributed by atoms with Gasteiger partial charge in [0.15, 0.2) is 0 Å². The van der Waals surface area contributed by atoms with E-state index in [0.29, 0.717) is 25.2 Å². The Hall–Kier alpha value is -0.900. The fraction of sp³-hybridized carbons (Fsp3) is 0.588. The Bertz CT molecular complexity index is 695. The highest BCUT2D eigenvalue weighted by molar-refractivity contribution is 7.89. The molecule has 1 aromatic rings. The van der Waals surface area contributed by atoms with Crippen LogP contribution in [0.2, 0.25) is 0 Å². The van der Waals surface area contributed by atoms with Crippen LogP contribution in [0.3, 0.4) is 0 Å². The third-order valence-electron chi connectivity index (χ3n) is 4.45. The second-order valence-electron chi connectivity index (χ2n) is 6.25. The minimum atomic E-state index is -3.56. The fourth-order valence-electron chi connectivity index (χ4n) is 2.85. The van der Waals surface area contributed by atoms with E-state index in [1.54, 1.807) is 18.2 Å². The molecule has 3 N–H and O–H groups in total. The molecule has 156 valence electrons. The largest absolute Gasteiger partial charge is 0.325 e. The first-order chi connectivity index (χ1) is 11.9. The van der Waals surface area contributed by atoms with Gasteiger partial charge < -0.3 is 16.0 Å². The van der Waals surface area contributed by atoms with Crippen LogP contribution in [-0.2, 0) is 14.8 Å². The zero-order valence-corrected chi connectivity index (χ0v) is 18.2. The first-order valence-corrected chi connectivity index (χ1v) is 10.2. The Labute approximate surface area is 174 Å². The average Bonchev–Trinajstić information content (AvgIpc) is 2.62. The third-order valence-corrected chi connectivity index (χ3v) is 6.35. The molecular weight excluding hydrogens is 411 g/mol. The van der Waals surface area contributed by atoms with Gasteiger partial charge in [0.25, 0.3) is 0 Å². The number of likely N-dealkylation sites (N-methyl/N-ethyl adjacent to an activating group) is 1. The molecule has 0 aliphatic carbocycles. The van der Waals surface area contributed by atoms with Crippen LogP contribution < -0.4 is 11.1 Å². The van der Waals surface area contributed by atoms with Crippen LogP contribution >= 0.6 is 24.8 Å². The van der Waals surface area contributed by atoms with Crippen LogP contribution in [0, 0.1) is 0 Å². The van der Waals surface area contributed by atoms with Crippen molar-refractivity contribution in [3.8, 4) is 0 Å². The van der Waals surface area contributed by atoms with Crippen molar-refractivity contribution in [3.05, 3.63) is 24.3 Å². The highest BCUT2D eigenvalue weighted by Gasteiger charge is 2.28. The van der Waals surface area contributed by atoms with Crippen molar-refractivity contribution < 1.29 is 13.2 Å². The molecule has 1 saturated heterocycles. The number of amides is 1. The van der Waals surface area contributed by atoms with Gasteiger partial charge >= 0.3 is 0 Å². The standard InChI is InChI=1S/C17H28N4O3S.2ClH/c1-3-6-16(18)17(22)19-14-7-5-8-15(13-14)25(23,24)21-11-9-20(4-2)10-12-21;;/h5,7-8,13,16H,3-4,6,9-12,18H2,1-2H3,(H,19,22);2*1H. The lowest BCUT2D eigenvalue weighted by Gasteiger charge is -2.33. The molecule has 0 radical (unpaired) electrons. The van der Waals surface area contributed by atoms with Crippen LogP contribution in [0.15, 0.2) is 29.2 Å². The Balaban J connectivity index is 0.00000338. The predicted octanol–water partition coefficient (Wildman–Crippen LogP) is 1.92. The number of carbonyl (C=O) groups excluding carboxylic acids is 1. The number of carbonyl (C=O) groups is 1. The number of sulfonamides is 1. The molecule has 1 fully saturated rings. The fourth-order valence-corrected chi connectivity index (χ4v) is 4.32. The molecule has 1 aliphatic rings. The van der Waals surface area contributed by atoms with Crippen molar-refractivity contribution in [2.75, 3.05) is 38.0 Å². The molecule has 1 unspecified atom stereocenters. The summed E-state index contributed by atoms with van der Waals surface area (Å²) in [4.78, 5) is 14.4. The maximum Gasteiger partial charge on any atom is 0.243 e. The van der Waals surface area contributed by atoms with Crippen LogP contribution in [0.4, 0.5) is 5.69 Å². The minimum Gasteiger partial charge on any atom is -0.325 e. The summed E-state index contributed by atoms with van der Waals surface area (Å²) < 4.78 is 27.2. The zero-order chi connectivity index (χ0) is 18.4. The molecule has 1 atom stereocenters. The molecule has 7 nitrogen and oxygen atoms in total. The lowest BCUT2D eigenvalue weighted by Crippen LogP contribution is -2.48. The summed E-state index contributed by atoms with van der Waals surface area (Å²) in [7, 11) is -3.56. The van der Waals surface area contributed by atoms with Crippen molar-refractivity contribution in [1.29, 1.82) is 0 Å². The number of anilines is 1. The summed E-state index contributed by atoms with van der Waals surface area (Å²) in [5.41, 5.74) is 6.25. The van der Waals surface area contributed by atoms with Crippen molar-refractivity contribution in [2.45, 2.75) is 37.6 Å². The van der Waals surface area contributed by atoms with E-state index in [4.69, 9.17) is 5.73 Å². The van der Waals surface area contributed by atoms with Crippen LogP contribution in [0.25, 0.3) is 0 Å². The maximum absolute atomic E-state index is 12.8. The topological polar surface area (TPSA) is 95.7 Å². The predicted molar refractivity (Wildman–Crippen MR) is 113 cm³/mol. The van der Waals surface area contributed by atoms with E-state index in [9.17, 15) is 13.2 Å². The molecule has 0 spiro atoms. The summed E-state index contributed by atoms with van der Waals surface area (Å²) >= 11 is 0. The lowest BCUT2D eigenvalue weighted by atomic mass is 10.1. The van der Waals surface area contributed by atoms with Crippen LogP contribution in [-0.4, -0.2) is 62.3 Å². The Morgan fingerprint density at radius 3 is 2.37 bits per heavy atom. The van der Waals surface area contributed by atoms with E-state index >= 15 is 0 Å². The lowest BCUT2D eigenvalue weighted by molar-refractivity contribution is -0.117. The molecule has 1 aliphatic heterocycles. The number of halogens is 2. The van der Waals surface area contributed by atoms with Gasteiger partial charge in [-0.15, -0.1) is 24.8 Å². The van der Waals surface area contributed by atoms with E-state index in [0.717, 1.165) is 26.1 Å². The molecule has 1 aromatic carbocycles. The van der Waals surface area contributed by atoms with Gasteiger partial charge in [-0.3, -0.25) is 4.79 Å². The molecule has 1 amide bonds. The second-order valence-corrected chi connectivity index (χ2v) is 8.19. The molecule has 0 bridgehead atoms. The highest BCUT2D eigenvalue weighted by atomic mass is 35.5. The number of nitrogens with zero attached hydrogens (tertiary/aromatic N) is 2. The third kappa shape index (κ3) is 6.89. The molecule has 1 heterocycles. The number of hydrogen-bond acceptors (Lipinski definition) is 5. The molecule has 27 heavy (non-hydrogen) atoms. The van der Waals surface area contributed by atoms with E-state index in [-0.39, 0.29) is 35.6 Å². The summed E-state index contributed by atoms with van der Waals surface area (Å²) in [6.07, 6.45) is 1.40. The Kier molecular flexibility index (Phi) is 11.4. The van der Waals surface area contributed by atoms with Gasteiger partial charge in [-0.1, -0.05) is 26.3 Å². The van der Waals surface area contributed by atoms with Gasteiger partial charge in [0.05, 0.1) is 10.9 Å². The summed E-state index contributed by atoms with van der Waals surface area (Å²) in [6.45, 7) is 7.38. The van der Waals surface area contributed by atoms with Gasteiger partial charge in [-0.25, -0.2) is 8.42 Å². The Morgan fingerprint density at radius 2 is 1.81 bits per heavy atom. The second kappa shape index (κ2) is 11.8. The molecule has 2 rings (SSSR count). The molecule has 0 aromatic heterocycles. The quantitative estimate of drug-likeness (QED) is 0.674. The van der Waals surface area contributed by atoms with Gasteiger partial charge in [-0.2, -0.15) is 4.31 Å².